The van der Waals surface area contributed by atoms with Crippen molar-refractivity contribution in [3.63, 3.8) is 0 Å². The number of aromatic nitrogens is 1. The van der Waals surface area contributed by atoms with Gasteiger partial charge in [-0.25, -0.2) is 0 Å². The highest BCUT2D eigenvalue weighted by atomic mass is 16.3. The van der Waals surface area contributed by atoms with Crippen molar-refractivity contribution in [1.29, 1.82) is 0 Å². The maximum atomic E-state index is 13.4. The molecule has 0 bridgehead atoms. The van der Waals surface area contributed by atoms with Gasteiger partial charge in [0.2, 0.25) is 0 Å². The number of nitrogens with zero attached hydrogens (tertiary/aromatic N) is 2. The number of fused-ring (bicyclic) bond motifs is 1. The van der Waals surface area contributed by atoms with Gasteiger partial charge in [-0.05, 0) is 36.6 Å². The first-order chi connectivity index (χ1) is 16.0. The van der Waals surface area contributed by atoms with Crippen molar-refractivity contribution in [2.75, 3.05) is 19.0 Å². The van der Waals surface area contributed by atoms with Crippen LogP contribution in [0.25, 0.3) is 16.7 Å². The lowest BCUT2D eigenvalue weighted by molar-refractivity contribution is -0.141. The van der Waals surface area contributed by atoms with Crippen LogP contribution in [0.5, 0.6) is 0 Å². The van der Waals surface area contributed by atoms with Gasteiger partial charge in [-0.15, -0.1) is 0 Å². The molecule has 6 heteroatoms. The minimum Gasteiger partial charge on any atom is -0.507 e. The summed E-state index contributed by atoms with van der Waals surface area (Å²) in [7, 11) is 3.94. The Labute approximate surface area is 193 Å². The Morgan fingerprint density at radius 2 is 1.70 bits per heavy atom. The third-order valence-electron chi connectivity index (χ3n) is 7.02. The van der Waals surface area contributed by atoms with Crippen molar-refractivity contribution in [3.8, 4) is 0 Å². The highest BCUT2D eigenvalue weighted by Gasteiger charge is 2.49. The molecule has 1 atom stereocenters. The van der Waals surface area contributed by atoms with Crippen LogP contribution in [0.3, 0.4) is 0 Å². The van der Waals surface area contributed by atoms with Crippen LogP contribution >= 0.6 is 0 Å². The number of benzene rings is 2. The van der Waals surface area contributed by atoms with Crippen molar-refractivity contribution in [2.45, 2.75) is 44.2 Å². The van der Waals surface area contributed by atoms with E-state index in [2.05, 4.69) is 4.98 Å². The molecule has 2 aliphatic rings. The van der Waals surface area contributed by atoms with Crippen LogP contribution < -0.4 is 4.90 Å². The van der Waals surface area contributed by atoms with E-state index in [1.807, 2.05) is 67.5 Å². The lowest BCUT2D eigenvalue weighted by atomic mass is 9.91. The number of anilines is 1. The molecule has 1 aliphatic carbocycles. The normalized spacial score (nSPS) is 21.2. The first-order valence-corrected chi connectivity index (χ1v) is 11.6. The number of hydrogen-bond donors (Lipinski definition) is 2. The van der Waals surface area contributed by atoms with Crippen molar-refractivity contribution in [1.82, 2.24) is 9.88 Å². The number of hydrogen-bond acceptors (Lipinski definition) is 4. The monoisotopic (exact) mass is 443 g/mol. The van der Waals surface area contributed by atoms with Gasteiger partial charge in [-0.3, -0.25) is 9.59 Å². The molecule has 1 amide bonds. The van der Waals surface area contributed by atoms with Crippen LogP contribution in [0.2, 0.25) is 0 Å². The molecule has 5 rings (SSSR count). The van der Waals surface area contributed by atoms with E-state index in [0.717, 1.165) is 54.3 Å². The average Bonchev–Trinajstić information content (AvgIpc) is 3.38. The second kappa shape index (κ2) is 8.43. The number of aliphatic hydroxyl groups excluding tert-OH is 1. The predicted octanol–water partition coefficient (Wildman–Crippen LogP) is 4.99. The van der Waals surface area contributed by atoms with Gasteiger partial charge in [-0.1, -0.05) is 49.6 Å². The Balaban J connectivity index is 1.68. The lowest BCUT2D eigenvalue weighted by Crippen LogP contribution is -2.40. The van der Waals surface area contributed by atoms with Gasteiger partial charge < -0.3 is 19.9 Å². The molecule has 1 unspecified atom stereocenters. The van der Waals surface area contributed by atoms with E-state index < -0.39 is 17.7 Å². The molecule has 2 heterocycles. The van der Waals surface area contributed by atoms with E-state index in [1.54, 1.807) is 11.1 Å². The largest absolute Gasteiger partial charge is 0.507 e. The van der Waals surface area contributed by atoms with Crippen LogP contribution in [-0.2, 0) is 9.59 Å². The van der Waals surface area contributed by atoms with Gasteiger partial charge in [0.25, 0.3) is 11.7 Å². The number of nitrogens with one attached hydrogen (secondary N) is 1. The maximum Gasteiger partial charge on any atom is 0.295 e. The van der Waals surface area contributed by atoms with Crippen LogP contribution in [-0.4, -0.2) is 46.8 Å². The second-order valence-electron chi connectivity index (χ2n) is 9.23. The molecule has 3 aromatic rings. The number of para-hydroxylation sites is 1. The summed E-state index contributed by atoms with van der Waals surface area (Å²) in [5, 5.41) is 12.3. The molecule has 33 heavy (non-hydrogen) atoms. The van der Waals surface area contributed by atoms with Crippen LogP contribution in [0.15, 0.2) is 60.3 Å². The number of Topliss-reactive ketones (excluding diaryl/α,β-unsaturated/α-hetero) is 1. The molecule has 1 saturated carbocycles. The first-order valence-electron chi connectivity index (χ1n) is 11.6. The Kier molecular flexibility index (Phi) is 5.44. The SMILES string of the molecule is CN(C)c1ccc(C2/C(=C(/O)c3c[nH]c4ccccc34)C(=O)C(=O)N2C2CCCCC2)cc1. The molecule has 1 aliphatic heterocycles. The zero-order valence-corrected chi connectivity index (χ0v) is 19.0. The number of ketones is 1. The number of rotatable bonds is 4. The molecule has 170 valence electrons. The highest BCUT2D eigenvalue weighted by molar-refractivity contribution is 6.46. The van der Waals surface area contributed by atoms with Crippen molar-refractivity contribution >= 4 is 34.0 Å². The zero-order chi connectivity index (χ0) is 23.1. The summed E-state index contributed by atoms with van der Waals surface area (Å²) in [6.45, 7) is 0. The molecule has 1 aromatic heterocycles. The first kappa shape index (κ1) is 21.3. The number of likely N-dealkylation sites (tertiary alicyclic amines) is 1. The average molecular weight is 444 g/mol. The topological polar surface area (TPSA) is 76.6 Å². The van der Waals surface area contributed by atoms with E-state index >= 15 is 0 Å². The van der Waals surface area contributed by atoms with Gasteiger partial charge in [0.1, 0.15) is 5.76 Å². The van der Waals surface area contributed by atoms with Crippen molar-refractivity contribution < 1.29 is 14.7 Å². The molecule has 2 N–H and O–H groups in total. The zero-order valence-electron chi connectivity index (χ0n) is 19.0. The van der Waals surface area contributed by atoms with Crippen LogP contribution in [0, 0.1) is 0 Å². The number of amides is 1. The molecular weight excluding hydrogens is 414 g/mol. The fourth-order valence-corrected chi connectivity index (χ4v) is 5.28. The minimum absolute atomic E-state index is 0.00185. The lowest BCUT2D eigenvalue weighted by Gasteiger charge is -2.35. The van der Waals surface area contributed by atoms with Crippen LogP contribution in [0.1, 0.15) is 49.3 Å². The van der Waals surface area contributed by atoms with Gasteiger partial charge in [0.05, 0.1) is 11.6 Å². The standard InChI is InChI=1S/C27H29N3O3/c1-29(2)18-14-12-17(13-15-18)24-23(25(31)21-16-28-22-11-7-6-10-20(21)22)26(32)27(33)30(24)19-8-4-3-5-9-19/h6-7,10-16,19,24,28,31H,3-5,8-9H2,1-2H3/b25-23-. The summed E-state index contributed by atoms with van der Waals surface area (Å²) in [5.74, 6) is -1.24. The van der Waals surface area contributed by atoms with Gasteiger partial charge in [-0.2, -0.15) is 0 Å². The number of aliphatic hydroxyl groups is 1. The number of aromatic amines is 1. The van der Waals surface area contributed by atoms with E-state index in [9.17, 15) is 14.7 Å². The third kappa shape index (κ3) is 3.59. The molecule has 1 saturated heterocycles. The fourth-order valence-electron chi connectivity index (χ4n) is 5.28. The van der Waals surface area contributed by atoms with E-state index in [0.29, 0.717) is 5.56 Å². The Morgan fingerprint density at radius 1 is 1.00 bits per heavy atom. The minimum atomic E-state index is -0.606. The van der Waals surface area contributed by atoms with Crippen LogP contribution in [0.4, 0.5) is 5.69 Å². The summed E-state index contributed by atoms with van der Waals surface area (Å²) in [5.41, 5.74) is 3.46. The quantitative estimate of drug-likeness (QED) is 0.338. The smallest absolute Gasteiger partial charge is 0.295 e. The third-order valence-corrected chi connectivity index (χ3v) is 7.02. The van der Waals surface area contributed by atoms with Gasteiger partial charge in [0.15, 0.2) is 0 Å². The summed E-state index contributed by atoms with van der Waals surface area (Å²) < 4.78 is 0. The van der Waals surface area contributed by atoms with E-state index in [-0.39, 0.29) is 17.4 Å². The maximum absolute atomic E-state index is 13.4. The summed E-state index contributed by atoms with van der Waals surface area (Å²) in [6, 6.07) is 14.9. The Morgan fingerprint density at radius 3 is 2.39 bits per heavy atom. The Bertz CT molecular complexity index is 1230. The van der Waals surface area contributed by atoms with Crippen molar-refractivity contribution in [2.24, 2.45) is 0 Å². The molecular formula is C27H29N3O3. The summed E-state index contributed by atoms with van der Waals surface area (Å²) >= 11 is 0. The molecule has 2 fully saturated rings. The van der Waals surface area contributed by atoms with E-state index in [1.165, 1.54) is 0 Å². The molecule has 0 radical (unpaired) electrons. The number of carbonyl (C=O) groups is 2. The summed E-state index contributed by atoms with van der Waals surface area (Å²) in [4.78, 5) is 33.6. The predicted molar refractivity (Wildman–Crippen MR) is 130 cm³/mol. The Hall–Kier alpha value is -3.54. The summed E-state index contributed by atoms with van der Waals surface area (Å²) in [6.07, 6.45) is 6.71. The highest BCUT2D eigenvalue weighted by Crippen LogP contribution is 2.44. The number of H-pyrrole nitrogens is 1. The fraction of sp³-hybridized carbons (Fsp3) is 0.333. The molecule has 0 spiro atoms. The van der Waals surface area contributed by atoms with Gasteiger partial charge in [0, 0.05) is 48.5 Å². The molecule has 2 aromatic carbocycles. The molecule has 6 nitrogen and oxygen atoms in total. The number of carbonyl (C=O) groups excluding carboxylic acids is 2. The second-order valence-corrected chi connectivity index (χ2v) is 9.23. The van der Waals surface area contributed by atoms with E-state index in [4.69, 9.17) is 0 Å². The van der Waals surface area contributed by atoms with Gasteiger partial charge >= 0.3 is 0 Å². The van der Waals surface area contributed by atoms with Crippen molar-refractivity contribution in [3.05, 3.63) is 71.4 Å².